The lowest BCUT2D eigenvalue weighted by molar-refractivity contribution is -0.121. The highest BCUT2D eigenvalue weighted by molar-refractivity contribution is 6.01. The summed E-state index contributed by atoms with van der Waals surface area (Å²) in [5.74, 6) is 4.05. The Morgan fingerprint density at radius 2 is 1.79 bits per heavy atom. The topological polar surface area (TPSA) is 176 Å². The summed E-state index contributed by atoms with van der Waals surface area (Å²) in [4.78, 5) is 18.4. The second-order valence-electron chi connectivity index (χ2n) is 20.9. The Morgan fingerprint density at radius 3 is 2.57 bits per heavy atom. The minimum absolute atomic E-state index is 0.0121. The number of carbonyl (C=O) groups is 1. The number of aliphatic imine (C=N–C) groups is 1. The summed E-state index contributed by atoms with van der Waals surface area (Å²) >= 11 is 0. The molecule has 5 aromatic carbocycles. The van der Waals surface area contributed by atoms with E-state index in [1.165, 1.54) is 11.1 Å². The van der Waals surface area contributed by atoms with E-state index in [1.807, 2.05) is 54.6 Å². The maximum Gasteiger partial charge on any atom is 0.192 e. The van der Waals surface area contributed by atoms with E-state index >= 15 is 0 Å². The van der Waals surface area contributed by atoms with Gasteiger partial charge in [-0.1, -0.05) is 106 Å². The molecule has 0 aromatic heterocycles. The second-order valence-corrected chi connectivity index (χ2v) is 20.9. The molecule has 6 aliphatic rings. The molecule has 5 aromatic rings. The smallest absolute Gasteiger partial charge is 0.192 e. The monoisotopic (exact) mass is 1010 g/mol. The first-order chi connectivity index (χ1) is 36.4. The Hall–Kier alpha value is -7.00. The number of unbranched alkanes of at least 4 members (excludes halogenated alkanes) is 3. The predicted octanol–water partition coefficient (Wildman–Crippen LogP) is 12.7. The molecule has 0 saturated carbocycles. The molecule has 4 aliphatic heterocycles. The van der Waals surface area contributed by atoms with E-state index in [2.05, 4.69) is 78.7 Å². The number of ketones is 1. The summed E-state index contributed by atoms with van der Waals surface area (Å²) in [5.41, 5.74) is 15.5. The third-order valence-corrected chi connectivity index (χ3v) is 16.1. The largest absolute Gasteiger partial charge is 0.508 e. The lowest BCUT2D eigenvalue weighted by atomic mass is 9.73. The van der Waals surface area contributed by atoms with E-state index in [-0.39, 0.29) is 66.0 Å². The molecule has 392 valence electrons. The Kier molecular flexibility index (Phi) is 17.0. The number of aliphatic hydroxyl groups is 3. The zero-order chi connectivity index (χ0) is 52.6. The fraction of sp³-hybridized carbons (Fsp3) is 0.406. The summed E-state index contributed by atoms with van der Waals surface area (Å²) in [6, 6.07) is 25.8. The molecular formula is C64H73N3O8. The molecule has 0 spiro atoms. The number of phenols is 1. The number of fused-ring (bicyclic) bond motifs is 8. The highest BCUT2D eigenvalue weighted by Crippen LogP contribution is 2.50. The molecule has 0 saturated heterocycles. The number of aryl methyl sites for hydroxylation is 2. The van der Waals surface area contributed by atoms with Gasteiger partial charge in [0.25, 0.3) is 0 Å². The van der Waals surface area contributed by atoms with Gasteiger partial charge in [0.05, 0.1) is 13.0 Å². The van der Waals surface area contributed by atoms with Crippen molar-refractivity contribution in [3.05, 3.63) is 158 Å². The maximum atomic E-state index is 14.2. The van der Waals surface area contributed by atoms with Gasteiger partial charge in [-0.3, -0.25) is 9.79 Å². The van der Waals surface area contributed by atoms with Gasteiger partial charge in [-0.2, -0.15) is 0 Å². The van der Waals surface area contributed by atoms with Crippen LogP contribution in [0.15, 0.2) is 113 Å². The number of nitrogens with two attached hydrogens (primary N) is 1. The van der Waals surface area contributed by atoms with Gasteiger partial charge < -0.3 is 45.7 Å². The van der Waals surface area contributed by atoms with Crippen molar-refractivity contribution >= 4 is 34.3 Å². The van der Waals surface area contributed by atoms with Crippen LogP contribution in [0.2, 0.25) is 0 Å². The number of Topliss-reactive ketones (excluding diaryl/α,β-unsaturated/α-hetero) is 1. The highest BCUT2D eigenvalue weighted by atomic mass is 16.5. The van der Waals surface area contributed by atoms with Crippen molar-refractivity contribution in [2.24, 2.45) is 22.6 Å². The lowest BCUT2D eigenvalue weighted by Gasteiger charge is -2.31. The summed E-state index contributed by atoms with van der Waals surface area (Å²) < 4.78 is 19.0. The van der Waals surface area contributed by atoms with Crippen molar-refractivity contribution in [3.8, 4) is 29.3 Å². The maximum absolute atomic E-state index is 14.2. The number of nitrogens with zero attached hydrogens (tertiary/aromatic N) is 1. The van der Waals surface area contributed by atoms with Crippen LogP contribution in [0, 0.1) is 23.9 Å². The molecule has 11 nitrogen and oxygen atoms in total. The molecule has 75 heavy (non-hydrogen) atoms. The van der Waals surface area contributed by atoms with Crippen LogP contribution in [-0.4, -0.2) is 52.4 Å². The van der Waals surface area contributed by atoms with Crippen molar-refractivity contribution in [3.63, 3.8) is 0 Å². The van der Waals surface area contributed by atoms with Gasteiger partial charge >= 0.3 is 0 Å². The van der Waals surface area contributed by atoms with Crippen LogP contribution in [0.1, 0.15) is 159 Å². The quantitative estimate of drug-likeness (QED) is 0.0219. The number of methoxy groups -OCH3 is 1. The number of aliphatic hydroxyl groups excluding tert-OH is 2. The van der Waals surface area contributed by atoms with Gasteiger partial charge in [-0.25, -0.2) is 0 Å². The molecule has 11 rings (SSSR count). The molecule has 6 atom stereocenters. The zero-order valence-corrected chi connectivity index (χ0v) is 43.9. The number of nitrogens with one attached hydrogen (secondary N) is 1. The van der Waals surface area contributed by atoms with Crippen LogP contribution in [-0.2, 0) is 35.4 Å². The van der Waals surface area contributed by atoms with E-state index in [1.54, 1.807) is 20.2 Å². The number of rotatable bonds is 13. The third-order valence-electron chi connectivity index (χ3n) is 16.1. The van der Waals surface area contributed by atoms with Crippen molar-refractivity contribution in [2.45, 2.75) is 140 Å². The predicted molar refractivity (Wildman–Crippen MR) is 298 cm³/mol. The van der Waals surface area contributed by atoms with Gasteiger partial charge in [0.15, 0.2) is 23.7 Å². The van der Waals surface area contributed by atoms with Crippen LogP contribution in [0.25, 0.3) is 16.8 Å². The van der Waals surface area contributed by atoms with Gasteiger partial charge in [0.2, 0.25) is 0 Å². The number of hydrogen-bond donors (Lipinski definition) is 6. The molecule has 0 fully saturated rings. The summed E-state index contributed by atoms with van der Waals surface area (Å²) in [6.07, 6.45) is 19.4. The number of carbonyl (C=O) groups excluding carboxylic acids is 1. The number of ether oxygens (including phenoxy) is 3. The Labute approximate surface area is 442 Å². The van der Waals surface area contributed by atoms with Gasteiger partial charge in [0.1, 0.15) is 36.1 Å². The summed E-state index contributed by atoms with van der Waals surface area (Å²) in [5, 5.41) is 51.8. The number of hydrogen-bond acceptors (Lipinski definition) is 9. The minimum Gasteiger partial charge on any atom is -0.508 e. The molecule has 0 amide bonds. The van der Waals surface area contributed by atoms with E-state index in [0.29, 0.717) is 59.7 Å². The number of aromatic hydroxyl groups is 1. The van der Waals surface area contributed by atoms with E-state index < -0.39 is 18.3 Å². The number of anilines is 1. The fourth-order valence-corrected chi connectivity index (χ4v) is 12.1. The van der Waals surface area contributed by atoms with Crippen molar-refractivity contribution in [1.29, 1.82) is 0 Å². The standard InChI is InChI=1S/C64H73N3O8/c1-5-6-8-19-49-42(18-13-20-56(49)67-64(65)66-3)16-11-12-17-43-32-44-24-27-48(41-14-9-7-10-15-41)51-29-30-74-47(33-45(43)34-57(44)69)35-46(68)25-22-40-23-28-59(73-4)60(31-40)75-38-55-50-26-21-39(2)52-37-58(70)62(51)54(61(50)52)36-53(55)63(71)72/h7,9-10,13-15,18,20-21,23,26,28,31-32,34,36-37,39,43,45,47-48,51,63,69-72H,5-6,8,11-12,16-17,19,22,24-25,27,33,35,38H2,1-4H3,(H3,65,66,67)/t39-,43+,45+,47-,48+,51-/m0/s1. The number of benzene rings is 5. The zero-order valence-electron chi connectivity index (χ0n) is 43.9. The average molecular weight is 1010 g/mol. The molecule has 7 N–H and O–H groups in total. The van der Waals surface area contributed by atoms with Crippen LogP contribution >= 0.6 is 0 Å². The molecule has 2 aliphatic carbocycles. The number of guanidine groups is 1. The van der Waals surface area contributed by atoms with Crippen molar-refractivity contribution < 1.29 is 39.4 Å². The Morgan fingerprint density at radius 1 is 0.960 bits per heavy atom. The van der Waals surface area contributed by atoms with Gasteiger partial charge in [0, 0.05) is 54.1 Å². The van der Waals surface area contributed by atoms with Gasteiger partial charge in [-0.15, -0.1) is 0 Å². The summed E-state index contributed by atoms with van der Waals surface area (Å²) in [6.45, 7) is 4.29. The fourth-order valence-electron chi connectivity index (χ4n) is 12.1. The van der Waals surface area contributed by atoms with Crippen LogP contribution in [0.3, 0.4) is 0 Å². The molecule has 0 unspecified atom stereocenters. The van der Waals surface area contributed by atoms with Gasteiger partial charge in [-0.05, 0) is 156 Å². The van der Waals surface area contributed by atoms with Crippen molar-refractivity contribution in [2.75, 3.05) is 19.5 Å². The van der Waals surface area contributed by atoms with E-state index in [0.717, 1.165) is 90.3 Å². The highest BCUT2D eigenvalue weighted by Gasteiger charge is 2.35. The van der Waals surface area contributed by atoms with Crippen LogP contribution in [0.4, 0.5) is 5.69 Å². The van der Waals surface area contributed by atoms with Crippen molar-refractivity contribution in [1.82, 2.24) is 0 Å². The summed E-state index contributed by atoms with van der Waals surface area (Å²) in [7, 11) is 3.27. The third kappa shape index (κ3) is 11.9. The van der Waals surface area contributed by atoms with Crippen LogP contribution < -0.4 is 20.5 Å². The van der Waals surface area contributed by atoms with E-state index in [4.69, 9.17) is 19.9 Å². The Balaban J connectivity index is 1.14. The molecule has 10 bridgehead atoms. The SMILES string of the molecule is CCCCCc1c(CCCC[C@@H]2C=C3CC[C@H](c4ccccc4)[C@@H]4C#CO[C@H](CC(=O)CCc5ccc(OC)c(c5)OCc5c(C(O)O)cc6c4c(O)cc4c6c5C=C[C@@H]4C)C[C@@H]2C=C3O)cccc1NC(N)=NC. The van der Waals surface area contributed by atoms with Crippen LogP contribution in [0.5, 0.6) is 17.2 Å². The van der Waals surface area contributed by atoms with E-state index in [9.17, 15) is 25.2 Å². The first kappa shape index (κ1) is 52.8. The molecule has 4 heterocycles. The number of phenolic OH excluding ortho intramolecular Hbond substituents is 1. The first-order valence-electron chi connectivity index (χ1n) is 27.1. The minimum atomic E-state index is -1.88. The first-order valence-corrected chi connectivity index (χ1v) is 27.1. The molecular weight excluding hydrogens is 939 g/mol. The average Bonchev–Trinajstić information content (AvgIpc) is 3.42. The second kappa shape index (κ2) is 24.1. The normalized spacial score (nSPS) is 21.7. The number of allylic oxidation sites excluding steroid dienone is 4. The Bertz CT molecular complexity index is 3070. The molecule has 0 radical (unpaired) electrons. The molecule has 11 heteroatoms. The lowest BCUT2D eigenvalue weighted by Crippen LogP contribution is -2.25.